The lowest BCUT2D eigenvalue weighted by atomic mass is 9.34. The molecule has 5 nitrogen and oxygen atoms in total. The van der Waals surface area contributed by atoms with Crippen LogP contribution in [0.5, 0.6) is 0 Å². The number of carbonyl (C=O) groups is 1. The quantitative estimate of drug-likeness (QED) is 0.415. The third-order valence-electron chi connectivity index (χ3n) is 12.2. The Kier molecular flexibility index (Phi) is 5.19. The van der Waals surface area contributed by atoms with Gasteiger partial charge in [0.25, 0.3) is 0 Å². The molecular formula is C29H44O5. The van der Waals surface area contributed by atoms with Gasteiger partial charge in [0, 0.05) is 0 Å². The van der Waals surface area contributed by atoms with Crippen LogP contribution in [0.4, 0.5) is 0 Å². The number of hydrogen-bond donors (Lipinski definition) is 4. The summed E-state index contributed by atoms with van der Waals surface area (Å²) in [6.07, 6.45) is 5.69. The van der Waals surface area contributed by atoms with Crippen molar-refractivity contribution in [3.05, 3.63) is 23.8 Å². The van der Waals surface area contributed by atoms with Crippen molar-refractivity contribution < 1.29 is 25.2 Å². The van der Waals surface area contributed by atoms with Gasteiger partial charge in [0.05, 0.1) is 12.2 Å². The van der Waals surface area contributed by atoms with Crippen LogP contribution in [0.25, 0.3) is 0 Å². The third kappa shape index (κ3) is 2.81. The molecule has 4 saturated carbocycles. The number of rotatable bonds is 1. The lowest BCUT2D eigenvalue weighted by Crippen LogP contribution is -2.67. The molecule has 0 bridgehead atoms. The summed E-state index contributed by atoms with van der Waals surface area (Å²) in [5.74, 6) is -0.554. The van der Waals surface area contributed by atoms with Crippen molar-refractivity contribution in [3.63, 3.8) is 0 Å². The molecule has 0 heterocycles. The summed E-state index contributed by atoms with van der Waals surface area (Å²) >= 11 is 0. The summed E-state index contributed by atoms with van der Waals surface area (Å²) in [5, 5.41) is 43.4. The Hall–Kier alpha value is -1.17. The monoisotopic (exact) mass is 472 g/mol. The van der Waals surface area contributed by atoms with Crippen molar-refractivity contribution in [3.8, 4) is 0 Å². The number of allylic oxidation sites excluding steroid dienone is 2. The van der Waals surface area contributed by atoms with Gasteiger partial charge in [0.15, 0.2) is 0 Å². The van der Waals surface area contributed by atoms with E-state index in [0.29, 0.717) is 19.3 Å². The number of hydrogen-bond acceptors (Lipinski definition) is 4. The molecule has 0 radical (unpaired) electrons. The Labute approximate surface area is 204 Å². The van der Waals surface area contributed by atoms with Gasteiger partial charge in [-0.15, -0.1) is 0 Å². The number of carboxylic acid groups (broad SMARTS) is 1. The number of carboxylic acids is 1. The topological polar surface area (TPSA) is 98.0 Å². The minimum atomic E-state index is -1.09. The Morgan fingerprint density at radius 1 is 0.971 bits per heavy atom. The molecule has 5 rings (SSSR count). The first-order valence-corrected chi connectivity index (χ1v) is 13.3. The Morgan fingerprint density at radius 3 is 2.29 bits per heavy atom. The Balaban J connectivity index is 1.63. The SMILES string of the molecule is C=C1C(O)C(O)CC2(C)C1CCC1(C)C2CC=C2C3CC(C)(C)CCC3(C(=O)O)C(O)CC21C. The molecule has 0 spiro atoms. The summed E-state index contributed by atoms with van der Waals surface area (Å²) in [4.78, 5) is 12.8. The van der Waals surface area contributed by atoms with E-state index in [4.69, 9.17) is 0 Å². The minimum Gasteiger partial charge on any atom is -0.481 e. The van der Waals surface area contributed by atoms with Gasteiger partial charge in [0.2, 0.25) is 0 Å². The molecule has 10 atom stereocenters. The van der Waals surface area contributed by atoms with Crippen molar-refractivity contribution in [2.24, 2.45) is 44.8 Å². The normalized spacial score (nSPS) is 54.1. The maximum atomic E-state index is 12.8. The largest absolute Gasteiger partial charge is 0.481 e. The van der Waals surface area contributed by atoms with Crippen LogP contribution in [0.1, 0.15) is 86.0 Å². The average molecular weight is 473 g/mol. The van der Waals surface area contributed by atoms with Crippen LogP contribution >= 0.6 is 0 Å². The molecule has 190 valence electrons. The first kappa shape index (κ1) is 24.5. The average Bonchev–Trinajstić information content (AvgIpc) is 2.72. The smallest absolute Gasteiger partial charge is 0.312 e. The minimum absolute atomic E-state index is 0.0468. The van der Waals surface area contributed by atoms with E-state index in [0.717, 1.165) is 37.7 Å². The lowest BCUT2D eigenvalue weighted by molar-refractivity contribution is -0.202. The van der Waals surface area contributed by atoms with Crippen molar-refractivity contribution in [1.82, 2.24) is 0 Å². The Bertz CT molecular complexity index is 952. The van der Waals surface area contributed by atoms with E-state index in [2.05, 4.69) is 47.3 Å². The fraction of sp³-hybridized carbons (Fsp3) is 0.828. The van der Waals surface area contributed by atoms with Gasteiger partial charge in [0.1, 0.15) is 11.5 Å². The second-order valence-corrected chi connectivity index (χ2v) is 14.1. The van der Waals surface area contributed by atoms with Crippen molar-refractivity contribution in [1.29, 1.82) is 0 Å². The summed E-state index contributed by atoms with van der Waals surface area (Å²) in [6, 6.07) is 0. The predicted octanol–water partition coefficient (Wildman–Crippen LogP) is 4.71. The maximum absolute atomic E-state index is 12.8. The second-order valence-electron chi connectivity index (χ2n) is 14.1. The van der Waals surface area contributed by atoms with Crippen LogP contribution in [-0.4, -0.2) is 44.7 Å². The van der Waals surface area contributed by atoms with Gasteiger partial charge >= 0.3 is 5.97 Å². The Morgan fingerprint density at radius 2 is 1.65 bits per heavy atom. The van der Waals surface area contributed by atoms with Crippen LogP contribution in [0, 0.1) is 44.8 Å². The maximum Gasteiger partial charge on any atom is 0.312 e. The van der Waals surface area contributed by atoms with E-state index < -0.39 is 29.7 Å². The molecule has 0 saturated heterocycles. The van der Waals surface area contributed by atoms with Gasteiger partial charge in [-0.25, -0.2) is 0 Å². The standard InChI is InChI=1S/C29H44O5/c1-16-17-9-10-27(5)21(26(17,4)14-20(30)23(16)32)8-7-18-19-13-25(2,3)11-12-29(19,24(33)34)22(31)15-28(18,27)6/h7,17,19-23,30-32H,1,8-15H2,2-6H3,(H,33,34). The van der Waals surface area contributed by atoms with E-state index in [9.17, 15) is 25.2 Å². The molecule has 34 heavy (non-hydrogen) atoms. The molecule has 5 aliphatic rings. The van der Waals surface area contributed by atoms with E-state index in [-0.39, 0.29) is 39.4 Å². The second kappa shape index (κ2) is 7.20. The molecule has 0 aromatic heterocycles. The molecule has 0 aromatic rings. The molecule has 10 unspecified atom stereocenters. The molecule has 0 aromatic carbocycles. The van der Waals surface area contributed by atoms with Crippen LogP contribution in [0.3, 0.4) is 0 Å². The molecule has 0 aliphatic heterocycles. The van der Waals surface area contributed by atoms with E-state index in [1.54, 1.807) is 0 Å². The fourth-order valence-electron chi connectivity index (χ4n) is 10.0. The van der Waals surface area contributed by atoms with Gasteiger partial charge in [-0.3, -0.25) is 4.79 Å². The van der Waals surface area contributed by atoms with Gasteiger partial charge in [-0.1, -0.05) is 52.8 Å². The summed E-state index contributed by atoms with van der Waals surface area (Å²) in [7, 11) is 0. The highest BCUT2D eigenvalue weighted by Crippen LogP contribution is 2.74. The number of aliphatic hydroxyl groups is 3. The highest BCUT2D eigenvalue weighted by molar-refractivity contribution is 5.77. The van der Waals surface area contributed by atoms with Crippen LogP contribution in [0.2, 0.25) is 0 Å². The number of fused-ring (bicyclic) bond motifs is 7. The van der Waals surface area contributed by atoms with Crippen LogP contribution in [0.15, 0.2) is 23.8 Å². The van der Waals surface area contributed by atoms with Gasteiger partial charge in [-0.05, 0) is 96.4 Å². The van der Waals surface area contributed by atoms with E-state index >= 15 is 0 Å². The van der Waals surface area contributed by atoms with E-state index in [1.165, 1.54) is 5.57 Å². The van der Waals surface area contributed by atoms with Crippen molar-refractivity contribution in [2.45, 2.75) is 104 Å². The molecule has 0 amide bonds. The van der Waals surface area contributed by atoms with Crippen molar-refractivity contribution >= 4 is 5.97 Å². The first-order chi connectivity index (χ1) is 15.6. The zero-order chi connectivity index (χ0) is 25.1. The zero-order valence-corrected chi connectivity index (χ0v) is 21.6. The fourth-order valence-corrected chi connectivity index (χ4v) is 10.0. The van der Waals surface area contributed by atoms with Crippen molar-refractivity contribution in [2.75, 3.05) is 0 Å². The first-order valence-electron chi connectivity index (χ1n) is 13.3. The van der Waals surface area contributed by atoms with Crippen LogP contribution in [-0.2, 0) is 4.79 Å². The molecule has 4 fully saturated rings. The zero-order valence-electron chi connectivity index (χ0n) is 21.6. The lowest BCUT2D eigenvalue weighted by Gasteiger charge is -2.70. The summed E-state index contributed by atoms with van der Waals surface area (Å²) < 4.78 is 0. The van der Waals surface area contributed by atoms with Crippen LogP contribution < -0.4 is 0 Å². The summed E-state index contributed by atoms with van der Waals surface area (Å²) in [5.41, 5.74) is 0.372. The molecule has 5 aliphatic carbocycles. The number of aliphatic hydroxyl groups excluding tert-OH is 3. The molecule has 4 N–H and O–H groups in total. The molecular weight excluding hydrogens is 428 g/mol. The third-order valence-corrected chi connectivity index (χ3v) is 12.2. The van der Waals surface area contributed by atoms with Gasteiger partial charge < -0.3 is 20.4 Å². The highest BCUT2D eigenvalue weighted by Gasteiger charge is 2.70. The van der Waals surface area contributed by atoms with Gasteiger partial charge in [-0.2, -0.15) is 0 Å². The highest BCUT2D eigenvalue weighted by atomic mass is 16.4. The number of aliphatic carboxylic acids is 1. The van der Waals surface area contributed by atoms with E-state index in [1.807, 2.05) is 0 Å². The summed E-state index contributed by atoms with van der Waals surface area (Å²) in [6.45, 7) is 15.6. The predicted molar refractivity (Wildman–Crippen MR) is 131 cm³/mol. The molecule has 5 heteroatoms.